The van der Waals surface area contributed by atoms with Gasteiger partial charge < -0.3 is 16.0 Å². The van der Waals surface area contributed by atoms with E-state index in [2.05, 4.69) is 30.4 Å². The Morgan fingerprint density at radius 1 is 1.13 bits per heavy atom. The molecule has 2 aromatic rings. The summed E-state index contributed by atoms with van der Waals surface area (Å²) in [6, 6.07) is 15.9. The van der Waals surface area contributed by atoms with E-state index in [-0.39, 0.29) is 6.03 Å². The summed E-state index contributed by atoms with van der Waals surface area (Å²) in [5.74, 6) is 0. The third kappa shape index (κ3) is 4.83. The lowest BCUT2D eigenvalue weighted by Gasteiger charge is -2.19. The van der Waals surface area contributed by atoms with Crippen LogP contribution < -0.4 is 11.1 Å². The smallest absolute Gasteiger partial charge is 0.321 e. The molecule has 0 aromatic heterocycles. The van der Waals surface area contributed by atoms with Crippen molar-refractivity contribution in [3.63, 3.8) is 0 Å². The van der Waals surface area contributed by atoms with Crippen molar-refractivity contribution >= 4 is 11.7 Å². The average molecular weight is 311 g/mol. The van der Waals surface area contributed by atoms with Crippen LogP contribution in [0.3, 0.4) is 0 Å². The van der Waals surface area contributed by atoms with Crippen molar-refractivity contribution in [1.82, 2.24) is 4.90 Å². The number of carbonyl (C=O) groups excluding carboxylic acids is 1. The second-order valence-electron chi connectivity index (χ2n) is 5.63. The summed E-state index contributed by atoms with van der Waals surface area (Å²) in [6.07, 6.45) is 1.87. The number of likely N-dealkylation sites (N-methyl/N-ethyl adjacent to an activating group) is 1. The van der Waals surface area contributed by atoms with E-state index in [0.717, 1.165) is 24.1 Å². The van der Waals surface area contributed by atoms with E-state index in [0.29, 0.717) is 13.1 Å². The molecule has 0 atom stereocenters. The van der Waals surface area contributed by atoms with Gasteiger partial charge >= 0.3 is 6.03 Å². The van der Waals surface area contributed by atoms with Crippen LogP contribution >= 0.6 is 0 Å². The second kappa shape index (κ2) is 8.34. The summed E-state index contributed by atoms with van der Waals surface area (Å²) in [6.45, 7) is 3.30. The van der Waals surface area contributed by atoms with Gasteiger partial charge in [-0.1, -0.05) is 43.3 Å². The zero-order chi connectivity index (χ0) is 16.7. The molecule has 0 heterocycles. The SMILES string of the molecule is CCc1ccccc1CCN(C)C(=O)Nc1cccc(CN)c1. The summed E-state index contributed by atoms with van der Waals surface area (Å²) in [7, 11) is 1.82. The number of hydrogen-bond acceptors (Lipinski definition) is 2. The number of anilines is 1. The van der Waals surface area contributed by atoms with Crippen molar-refractivity contribution < 1.29 is 4.79 Å². The number of nitrogens with one attached hydrogen (secondary N) is 1. The van der Waals surface area contributed by atoms with E-state index in [9.17, 15) is 4.79 Å². The highest BCUT2D eigenvalue weighted by Crippen LogP contribution is 2.12. The lowest BCUT2D eigenvalue weighted by molar-refractivity contribution is 0.223. The highest BCUT2D eigenvalue weighted by atomic mass is 16.2. The topological polar surface area (TPSA) is 58.4 Å². The van der Waals surface area contributed by atoms with E-state index in [1.165, 1.54) is 11.1 Å². The fraction of sp³-hybridized carbons (Fsp3) is 0.316. The van der Waals surface area contributed by atoms with E-state index in [4.69, 9.17) is 5.73 Å². The Morgan fingerprint density at radius 3 is 2.57 bits per heavy atom. The monoisotopic (exact) mass is 311 g/mol. The van der Waals surface area contributed by atoms with Crippen molar-refractivity contribution in [3.05, 3.63) is 65.2 Å². The number of carbonyl (C=O) groups is 1. The van der Waals surface area contributed by atoms with E-state index in [1.807, 2.05) is 37.4 Å². The third-order valence-electron chi connectivity index (χ3n) is 3.98. The van der Waals surface area contributed by atoms with Crippen molar-refractivity contribution in [2.45, 2.75) is 26.3 Å². The third-order valence-corrected chi connectivity index (χ3v) is 3.98. The summed E-state index contributed by atoms with van der Waals surface area (Å²) in [5.41, 5.74) is 10.1. The van der Waals surface area contributed by atoms with Gasteiger partial charge in [-0.3, -0.25) is 0 Å². The number of nitrogens with two attached hydrogens (primary N) is 1. The molecule has 2 rings (SSSR count). The number of rotatable bonds is 6. The molecule has 2 amide bonds. The van der Waals surface area contributed by atoms with E-state index >= 15 is 0 Å². The van der Waals surface area contributed by atoms with Crippen LogP contribution in [0.4, 0.5) is 10.5 Å². The van der Waals surface area contributed by atoms with Crippen LogP contribution in [0.5, 0.6) is 0 Å². The van der Waals surface area contributed by atoms with Crippen LogP contribution in [0.1, 0.15) is 23.6 Å². The maximum absolute atomic E-state index is 12.3. The maximum Gasteiger partial charge on any atom is 0.321 e. The molecule has 0 fully saturated rings. The predicted molar refractivity (Wildman–Crippen MR) is 95.5 cm³/mol. The minimum atomic E-state index is -0.104. The molecule has 0 aliphatic heterocycles. The zero-order valence-electron chi connectivity index (χ0n) is 13.9. The Kier molecular flexibility index (Phi) is 6.18. The number of amides is 2. The molecule has 0 saturated carbocycles. The first-order valence-electron chi connectivity index (χ1n) is 8.02. The minimum Gasteiger partial charge on any atom is -0.327 e. The lowest BCUT2D eigenvalue weighted by Crippen LogP contribution is -2.33. The quantitative estimate of drug-likeness (QED) is 0.859. The van der Waals surface area contributed by atoms with Gasteiger partial charge in [-0.2, -0.15) is 0 Å². The molecule has 0 radical (unpaired) electrons. The summed E-state index contributed by atoms with van der Waals surface area (Å²) < 4.78 is 0. The molecule has 0 saturated heterocycles. The molecule has 23 heavy (non-hydrogen) atoms. The largest absolute Gasteiger partial charge is 0.327 e. The summed E-state index contributed by atoms with van der Waals surface area (Å²) in [5, 5.41) is 2.91. The lowest BCUT2D eigenvalue weighted by atomic mass is 10.0. The molecule has 4 nitrogen and oxygen atoms in total. The highest BCUT2D eigenvalue weighted by molar-refractivity contribution is 5.89. The van der Waals surface area contributed by atoms with Crippen LogP contribution in [0.25, 0.3) is 0 Å². The standard InChI is InChI=1S/C19H25N3O/c1-3-16-8-4-5-9-17(16)11-12-22(2)19(23)21-18-10-6-7-15(13-18)14-20/h4-10,13H,3,11-12,14,20H2,1-2H3,(H,21,23). The molecule has 4 heteroatoms. The van der Waals surface area contributed by atoms with Crippen LogP contribution in [0, 0.1) is 0 Å². The average Bonchev–Trinajstić information content (AvgIpc) is 2.59. The van der Waals surface area contributed by atoms with Crippen LogP contribution in [-0.4, -0.2) is 24.5 Å². The minimum absolute atomic E-state index is 0.104. The Bertz CT molecular complexity index is 655. The zero-order valence-corrected chi connectivity index (χ0v) is 13.9. The highest BCUT2D eigenvalue weighted by Gasteiger charge is 2.10. The van der Waals surface area contributed by atoms with E-state index in [1.54, 1.807) is 4.90 Å². The molecule has 122 valence electrons. The van der Waals surface area contributed by atoms with E-state index < -0.39 is 0 Å². The van der Waals surface area contributed by atoms with Crippen molar-refractivity contribution in [2.75, 3.05) is 18.9 Å². The molecule has 0 spiro atoms. The van der Waals surface area contributed by atoms with Gasteiger partial charge in [-0.15, -0.1) is 0 Å². The fourth-order valence-electron chi connectivity index (χ4n) is 2.53. The maximum atomic E-state index is 12.3. The van der Waals surface area contributed by atoms with Gasteiger partial charge in [0, 0.05) is 25.8 Å². The Balaban J connectivity index is 1.92. The van der Waals surface area contributed by atoms with Crippen LogP contribution in [0.2, 0.25) is 0 Å². The number of urea groups is 1. The molecule has 0 bridgehead atoms. The Morgan fingerprint density at radius 2 is 1.87 bits per heavy atom. The number of benzene rings is 2. The van der Waals surface area contributed by atoms with Crippen molar-refractivity contribution in [3.8, 4) is 0 Å². The normalized spacial score (nSPS) is 10.4. The molecule has 2 aromatic carbocycles. The summed E-state index contributed by atoms with van der Waals surface area (Å²) >= 11 is 0. The van der Waals surface area contributed by atoms with Crippen molar-refractivity contribution in [1.29, 1.82) is 0 Å². The Hall–Kier alpha value is -2.33. The number of nitrogens with zero attached hydrogens (tertiary/aromatic N) is 1. The van der Waals surface area contributed by atoms with Gasteiger partial charge in [-0.05, 0) is 41.7 Å². The van der Waals surface area contributed by atoms with Crippen LogP contribution in [0.15, 0.2) is 48.5 Å². The van der Waals surface area contributed by atoms with Gasteiger partial charge in [0.1, 0.15) is 0 Å². The first-order chi connectivity index (χ1) is 11.1. The van der Waals surface area contributed by atoms with Gasteiger partial charge in [0.25, 0.3) is 0 Å². The van der Waals surface area contributed by atoms with Crippen molar-refractivity contribution in [2.24, 2.45) is 5.73 Å². The van der Waals surface area contributed by atoms with Gasteiger partial charge in [-0.25, -0.2) is 4.79 Å². The fourth-order valence-corrected chi connectivity index (χ4v) is 2.53. The Labute approximate surface area is 138 Å². The number of hydrogen-bond donors (Lipinski definition) is 2. The second-order valence-corrected chi connectivity index (χ2v) is 5.63. The first-order valence-corrected chi connectivity index (χ1v) is 8.02. The molecule has 3 N–H and O–H groups in total. The summed E-state index contributed by atoms with van der Waals surface area (Å²) in [4.78, 5) is 14.0. The molecular weight excluding hydrogens is 286 g/mol. The van der Waals surface area contributed by atoms with Gasteiger partial charge in [0.05, 0.1) is 0 Å². The molecule has 0 aliphatic rings. The number of aryl methyl sites for hydroxylation is 1. The van der Waals surface area contributed by atoms with Gasteiger partial charge in [0.2, 0.25) is 0 Å². The molecule has 0 aliphatic carbocycles. The molecular formula is C19H25N3O. The van der Waals surface area contributed by atoms with Crippen LogP contribution in [-0.2, 0) is 19.4 Å². The first kappa shape index (κ1) is 17.0. The predicted octanol–water partition coefficient (Wildman–Crippen LogP) is 3.41. The molecule has 0 unspecified atom stereocenters. The van der Waals surface area contributed by atoms with Gasteiger partial charge in [0.15, 0.2) is 0 Å².